The highest BCUT2D eigenvalue weighted by Gasteiger charge is 2.64. The van der Waals surface area contributed by atoms with Gasteiger partial charge in [0.25, 0.3) is 11.6 Å². The van der Waals surface area contributed by atoms with Crippen LogP contribution in [0.5, 0.6) is 0 Å². The van der Waals surface area contributed by atoms with Gasteiger partial charge in [0.1, 0.15) is 141 Å². The van der Waals surface area contributed by atoms with Crippen LogP contribution in [0, 0.1) is 0 Å². The minimum Gasteiger partial charge on any atom is -0.477 e. The van der Waals surface area contributed by atoms with Crippen LogP contribution in [-0.2, 0) is 80.8 Å². The maximum Gasteiger partial charge on any atom is 0.364 e. The number of ether oxygens (including phenoxy) is 12. The van der Waals surface area contributed by atoms with Gasteiger partial charge in [0, 0.05) is 33.6 Å². The predicted molar refractivity (Wildman–Crippen MR) is 268 cm³/mol. The molecule has 40 heteroatoms. The van der Waals surface area contributed by atoms with Crippen LogP contribution in [0.15, 0.2) is 0 Å². The number of esters is 1. The molecule has 0 radical (unpaired) electrons. The molecule has 6 saturated heterocycles. The molecule has 32 atom stereocenters. The summed E-state index contributed by atoms with van der Waals surface area (Å²) in [5.41, 5.74) is 6.03. The van der Waals surface area contributed by atoms with Crippen LogP contribution in [-0.4, -0.2) is 367 Å². The highest BCUT2D eigenvalue weighted by atomic mass is 16.8. The first kappa shape index (κ1) is 73.2. The Morgan fingerprint density at radius 2 is 0.955 bits per heavy atom. The third-order valence-corrected chi connectivity index (χ3v) is 15.5. The van der Waals surface area contributed by atoms with Gasteiger partial charge in [-0.3, -0.25) is 14.4 Å². The molecule has 0 aromatic rings. The van der Waals surface area contributed by atoms with Crippen molar-refractivity contribution in [3.63, 3.8) is 0 Å². The minimum absolute atomic E-state index is 0.869. The van der Waals surface area contributed by atoms with Crippen molar-refractivity contribution in [2.24, 2.45) is 5.73 Å². The molecular weight excluding hydrogens is 1210 g/mol. The van der Waals surface area contributed by atoms with Crippen molar-refractivity contribution in [2.45, 2.75) is 229 Å². The fourth-order valence-electron chi connectivity index (χ4n) is 10.9. The molecule has 40 nitrogen and oxygen atoms in total. The van der Waals surface area contributed by atoms with E-state index in [-0.39, 0.29) is 0 Å². The Morgan fingerprint density at radius 3 is 1.48 bits per heavy atom. The lowest BCUT2D eigenvalue weighted by molar-refractivity contribution is -0.404. The summed E-state index contributed by atoms with van der Waals surface area (Å²) in [4.78, 5) is 63.6. The number of nitrogens with two attached hydrogens (primary N) is 1. The minimum atomic E-state index is -3.44. The highest BCUT2D eigenvalue weighted by molar-refractivity contribution is 5.77. The number of carboxylic acid groups (broad SMARTS) is 2. The van der Waals surface area contributed by atoms with Crippen molar-refractivity contribution in [3.8, 4) is 0 Å². The second-order valence-electron chi connectivity index (χ2n) is 21.8. The van der Waals surface area contributed by atoms with Crippen molar-refractivity contribution in [2.75, 3.05) is 39.6 Å². The van der Waals surface area contributed by atoms with Gasteiger partial charge in [0.2, 0.25) is 11.8 Å². The van der Waals surface area contributed by atoms with Gasteiger partial charge < -0.3 is 175 Å². The summed E-state index contributed by atoms with van der Waals surface area (Å²) in [6.07, 6.45) is -62.5. The van der Waals surface area contributed by atoms with E-state index < -0.39 is 277 Å². The monoisotopic (exact) mass is 1290 g/mol. The fourth-order valence-corrected chi connectivity index (χ4v) is 10.9. The van der Waals surface area contributed by atoms with Gasteiger partial charge in [-0.15, -0.1) is 0 Å². The number of aliphatic hydroxyl groups excluding tert-OH is 18. The summed E-state index contributed by atoms with van der Waals surface area (Å²) in [6.45, 7) is -4.23. The van der Waals surface area contributed by atoms with Crippen LogP contribution < -0.4 is 16.4 Å². The Hall–Kier alpha value is -3.85. The molecule has 6 aliphatic heterocycles. The number of carbonyl (C=O) groups excluding carboxylic acids is 3. The smallest absolute Gasteiger partial charge is 0.364 e. The lowest BCUT2D eigenvalue weighted by atomic mass is 9.88. The third-order valence-electron chi connectivity index (χ3n) is 15.5. The quantitative estimate of drug-likeness (QED) is 0.0377. The van der Waals surface area contributed by atoms with Gasteiger partial charge in [-0.2, -0.15) is 0 Å². The lowest BCUT2D eigenvalue weighted by Gasteiger charge is -2.53. The summed E-state index contributed by atoms with van der Waals surface area (Å²) in [7, 11) is 0. The Balaban J connectivity index is 1.41. The van der Waals surface area contributed by atoms with E-state index in [9.17, 15) is 126 Å². The van der Waals surface area contributed by atoms with Gasteiger partial charge in [-0.25, -0.2) is 9.59 Å². The van der Waals surface area contributed by atoms with Crippen molar-refractivity contribution in [3.05, 3.63) is 0 Å². The van der Waals surface area contributed by atoms with Crippen LogP contribution in [0.25, 0.3) is 0 Å². The Kier molecular flexibility index (Phi) is 25.6. The number of aliphatic carboxylic acids is 2. The molecule has 6 fully saturated rings. The second-order valence-corrected chi connectivity index (χ2v) is 21.8. The molecule has 6 aliphatic rings. The average Bonchev–Trinajstić information content (AvgIpc) is 1.13. The number of nitrogens with one attached hydrogen (secondary N) is 2. The van der Waals surface area contributed by atoms with E-state index in [2.05, 4.69) is 15.4 Å². The molecule has 508 valence electrons. The zero-order valence-corrected chi connectivity index (χ0v) is 46.9. The van der Waals surface area contributed by atoms with Crippen molar-refractivity contribution in [1.82, 2.24) is 10.6 Å². The molecule has 88 heavy (non-hydrogen) atoms. The van der Waals surface area contributed by atoms with Crippen LogP contribution in [0.4, 0.5) is 0 Å². The molecule has 0 aromatic heterocycles. The van der Waals surface area contributed by atoms with Crippen LogP contribution in [0.3, 0.4) is 0 Å². The average molecular weight is 1290 g/mol. The van der Waals surface area contributed by atoms with Gasteiger partial charge in [0.05, 0.1) is 57.3 Å². The number of hydrogen-bond acceptors (Lipinski definition) is 36. The van der Waals surface area contributed by atoms with E-state index in [0.29, 0.717) is 0 Å². The van der Waals surface area contributed by atoms with E-state index in [1.165, 1.54) is 0 Å². The predicted octanol–water partition coefficient (Wildman–Crippen LogP) is -14.9. The number of hydrogen-bond donors (Lipinski definition) is 23. The maximum atomic E-state index is 13.6. The first-order valence-electron chi connectivity index (χ1n) is 27.3. The molecule has 0 bridgehead atoms. The standard InChI is InChI=1S/C48H79N3O37/c1-12(57)50-24-16(61)5-48(46(75)76,86-38(24)26(64)17(62)6-52)88-40-33(71)44(82-34-21(9-55)78-41(72)31(69)30(34)68)81-22(10-56)35(40)83-42-25(51-13(2)58)37(28(66)19(7-53)79-42)84-43-32(70)39(29(67)20(8-54)80-43)87-47(45(73)74)4-15(60)23(49)36(85-47)27(65)18(63)11-77-14(3)59/h15-44,52-56,60-72H,4-11,49H2,1-3H3,(H,50,57)(H,51,58)(H,73,74)(H,75,76)/t15-,16-,17+,18+,19+,20+,21+,22+,23+,24+,25+,26+,27+,28-,29-,30+,31+,32+,33+,34+,35-,36+,37+,38+,39-,40+,41+,42-,43-,44-,47-,48-/m0/s1. The van der Waals surface area contributed by atoms with E-state index >= 15 is 0 Å². The molecule has 0 aromatic carbocycles. The summed E-state index contributed by atoms with van der Waals surface area (Å²) in [5.74, 6) is -13.9. The molecule has 2 amide bonds. The van der Waals surface area contributed by atoms with E-state index in [0.717, 1.165) is 20.8 Å². The van der Waals surface area contributed by atoms with Crippen LogP contribution >= 0.6 is 0 Å². The molecule has 0 spiro atoms. The first-order chi connectivity index (χ1) is 41.2. The fraction of sp³-hybridized carbons (Fsp3) is 0.896. The molecule has 24 N–H and O–H groups in total. The van der Waals surface area contributed by atoms with Gasteiger partial charge in [-0.05, 0) is 0 Å². The molecule has 0 saturated carbocycles. The number of amides is 2. The SMILES string of the molecule is CC(=O)N[C@H]1[C@H](O[C@@H]2[C@H](O[C@]3(C(=O)O)C[C@H](O)[C@@H](NC(C)=O)[C@H]([C@H](O)[C@H](O)CO)O3)[C@@H](O)[C@H](O[C@H]3[C@H](O)[C@@H](O)[C@H](O)O[C@@H]3CO)O[C@@H]2CO)O[C@H](CO)[C@H](O)[C@@H]1O[C@@H]1O[C@H](CO)[C@H](O)[C@H](O[C@]2(C(=O)O)C[C@H](O)[C@@H](N)[C@H]([C@H](O)[C@H](O)COC(C)=O)O2)[C@H]1O. The van der Waals surface area contributed by atoms with Crippen LogP contribution in [0.2, 0.25) is 0 Å². The van der Waals surface area contributed by atoms with E-state index in [1.807, 2.05) is 0 Å². The lowest BCUT2D eigenvalue weighted by Crippen LogP contribution is -2.72. The number of carbonyl (C=O) groups is 5. The largest absolute Gasteiger partial charge is 0.477 e. The normalized spacial score (nSPS) is 44.6. The summed E-state index contributed by atoms with van der Waals surface area (Å²) < 4.78 is 68.4. The molecule has 0 aliphatic carbocycles. The highest BCUT2D eigenvalue weighted by Crippen LogP contribution is 2.42. The van der Waals surface area contributed by atoms with Crippen molar-refractivity contribution < 1.29 is 183 Å². The van der Waals surface area contributed by atoms with Gasteiger partial charge in [0.15, 0.2) is 25.2 Å². The van der Waals surface area contributed by atoms with Gasteiger partial charge in [-0.1, -0.05) is 0 Å². The van der Waals surface area contributed by atoms with Gasteiger partial charge >= 0.3 is 17.9 Å². The Labute approximate surface area is 496 Å². The summed E-state index contributed by atoms with van der Waals surface area (Å²) >= 11 is 0. The van der Waals surface area contributed by atoms with Crippen molar-refractivity contribution >= 4 is 29.7 Å². The molecule has 6 heterocycles. The molecule has 0 unspecified atom stereocenters. The second kappa shape index (κ2) is 30.7. The third kappa shape index (κ3) is 15.8. The van der Waals surface area contributed by atoms with E-state index in [1.54, 1.807) is 0 Å². The maximum absolute atomic E-state index is 13.6. The number of rotatable bonds is 25. The Morgan fingerprint density at radius 1 is 0.511 bits per heavy atom. The van der Waals surface area contributed by atoms with Crippen LogP contribution in [0.1, 0.15) is 33.6 Å². The topological polar surface area (TPSA) is 651 Å². The summed E-state index contributed by atoms with van der Waals surface area (Å²) in [6, 6.07) is -5.62. The number of aliphatic hydroxyl groups is 18. The van der Waals surface area contributed by atoms with E-state index in [4.69, 9.17) is 57.8 Å². The zero-order valence-electron chi connectivity index (χ0n) is 46.9. The first-order valence-corrected chi connectivity index (χ1v) is 27.3. The van der Waals surface area contributed by atoms with Crippen molar-refractivity contribution in [1.29, 1.82) is 0 Å². The molecule has 6 rings (SSSR count). The summed E-state index contributed by atoms with van der Waals surface area (Å²) in [5, 5.41) is 223. The molecular formula is C48H79N3O37. The Bertz CT molecular complexity index is 2320. The number of carboxylic acids is 2. The zero-order chi connectivity index (χ0) is 65.8.